The lowest BCUT2D eigenvalue weighted by molar-refractivity contribution is -0.0291. The van der Waals surface area contributed by atoms with Gasteiger partial charge in [0.1, 0.15) is 0 Å². The van der Waals surface area contributed by atoms with E-state index in [0.717, 1.165) is 0 Å². The topological polar surface area (TPSA) is 0 Å². The molecule has 22 heavy (non-hydrogen) atoms. The molecule has 0 amide bonds. The Bertz CT molecular complexity index is 470. The van der Waals surface area contributed by atoms with Gasteiger partial charge in [-0.15, -0.1) is 0 Å². The number of hydrogen-bond donors (Lipinski definition) is 0. The van der Waals surface area contributed by atoms with E-state index in [1.807, 2.05) is 0 Å². The molecule has 118 valence electrons. The Morgan fingerprint density at radius 2 is 0.636 bits per heavy atom. The molecular weight excluding hydrogens is 264 g/mol. The largest absolute Gasteiger partial charge is 0.0499 e. The van der Waals surface area contributed by atoms with E-state index in [1.54, 1.807) is 51.4 Å². The van der Waals surface area contributed by atoms with Crippen molar-refractivity contribution < 1.29 is 0 Å². The van der Waals surface area contributed by atoms with Gasteiger partial charge in [0.05, 0.1) is 0 Å². The average molecular weight is 294 g/mol. The molecule has 8 fully saturated rings. The highest BCUT2D eigenvalue weighted by molar-refractivity contribution is 5.23. The van der Waals surface area contributed by atoms with Gasteiger partial charge < -0.3 is 0 Å². The van der Waals surface area contributed by atoms with Gasteiger partial charge in [0, 0.05) is 0 Å². The third-order valence-corrected chi connectivity index (χ3v) is 11.6. The van der Waals surface area contributed by atoms with Crippen LogP contribution in [0.15, 0.2) is 0 Å². The van der Waals surface area contributed by atoms with Crippen molar-refractivity contribution in [3.63, 3.8) is 0 Å². The molecule has 8 aliphatic rings. The van der Waals surface area contributed by atoms with Gasteiger partial charge in [-0.1, -0.05) is 0 Å². The molecule has 0 heterocycles. The van der Waals surface area contributed by atoms with Crippen LogP contribution in [0.1, 0.15) is 51.4 Å². The van der Waals surface area contributed by atoms with E-state index >= 15 is 0 Å². The molecule has 0 spiro atoms. The average Bonchev–Trinajstić information content (AvgIpc) is 3.40. The fourth-order valence-corrected chi connectivity index (χ4v) is 12.0. The summed E-state index contributed by atoms with van der Waals surface area (Å²) in [6.07, 6.45) is 13.3. The summed E-state index contributed by atoms with van der Waals surface area (Å²) in [4.78, 5) is 0. The van der Waals surface area contributed by atoms with Crippen molar-refractivity contribution >= 4 is 0 Å². The van der Waals surface area contributed by atoms with Gasteiger partial charge in [-0.3, -0.25) is 0 Å². The van der Waals surface area contributed by atoms with Crippen LogP contribution in [0, 0.1) is 82.9 Å². The minimum absolute atomic E-state index is 1.21. The Morgan fingerprint density at radius 1 is 0.318 bits per heavy atom. The second-order valence-electron chi connectivity index (χ2n) is 11.3. The Balaban J connectivity index is 1.24. The van der Waals surface area contributed by atoms with Crippen LogP contribution in [-0.4, -0.2) is 0 Å². The van der Waals surface area contributed by atoms with Crippen molar-refractivity contribution in [1.82, 2.24) is 0 Å². The number of rotatable bonds is 0. The third kappa shape index (κ3) is 0.976. The van der Waals surface area contributed by atoms with Crippen molar-refractivity contribution in [3.05, 3.63) is 0 Å². The predicted molar refractivity (Wildman–Crippen MR) is 85.8 cm³/mol. The zero-order chi connectivity index (χ0) is 13.7. The second-order valence-corrected chi connectivity index (χ2v) is 11.3. The molecule has 0 nitrogen and oxygen atoms in total. The number of hydrogen-bond acceptors (Lipinski definition) is 0. The minimum atomic E-state index is 1.21. The van der Waals surface area contributed by atoms with Crippen molar-refractivity contribution in [2.75, 3.05) is 0 Å². The lowest BCUT2D eigenvalue weighted by atomic mass is 9.55. The summed E-state index contributed by atoms with van der Waals surface area (Å²) in [5.74, 6) is 17.3. The van der Waals surface area contributed by atoms with Crippen LogP contribution < -0.4 is 0 Å². The van der Waals surface area contributed by atoms with E-state index in [9.17, 15) is 0 Å². The molecule has 12 unspecified atom stereocenters. The maximum absolute atomic E-state index is 1.72. The SMILES string of the molecule is C1CC2CC1C1C3CC(C21)C1C2CC(C4C5CCC(C5)C24)C31. The molecule has 8 rings (SSSR count). The maximum Gasteiger partial charge on any atom is -0.0318 e. The van der Waals surface area contributed by atoms with E-state index in [2.05, 4.69) is 0 Å². The van der Waals surface area contributed by atoms with Crippen molar-refractivity contribution in [2.24, 2.45) is 82.9 Å². The third-order valence-electron chi connectivity index (χ3n) is 11.6. The molecule has 8 aliphatic carbocycles. The summed E-state index contributed by atoms with van der Waals surface area (Å²) < 4.78 is 0. The molecule has 0 saturated heterocycles. The molecule has 8 saturated carbocycles. The predicted octanol–water partition coefficient (Wildman–Crippen LogP) is 4.84. The minimum Gasteiger partial charge on any atom is -0.0499 e. The highest BCUT2D eigenvalue weighted by Crippen LogP contribution is 2.81. The maximum atomic E-state index is 1.72. The normalized spacial score (nSPS) is 77.5. The first kappa shape index (κ1) is 11.5. The van der Waals surface area contributed by atoms with Gasteiger partial charge in [-0.25, -0.2) is 0 Å². The Hall–Kier alpha value is 0. The lowest BCUT2D eigenvalue weighted by Gasteiger charge is -2.50. The van der Waals surface area contributed by atoms with Crippen molar-refractivity contribution in [2.45, 2.75) is 51.4 Å². The molecular formula is C22H30. The van der Waals surface area contributed by atoms with Gasteiger partial charge in [0.25, 0.3) is 0 Å². The lowest BCUT2D eigenvalue weighted by Crippen LogP contribution is -2.46. The van der Waals surface area contributed by atoms with Crippen LogP contribution in [0.3, 0.4) is 0 Å². The monoisotopic (exact) mass is 294 g/mol. The van der Waals surface area contributed by atoms with E-state index in [-0.39, 0.29) is 0 Å². The van der Waals surface area contributed by atoms with Crippen LogP contribution in [0.4, 0.5) is 0 Å². The smallest absolute Gasteiger partial charge is 0.0318 e. The molecule has 12 atom stereocenters. The van der Waals surface area contributed by atoms with Crippen molar-refractivity contribution in [1.29, 1.82) is 0 Å². The summed E-state index contributed by atoms with van der Waals surface area (Å²) >= 11 is 0. The van der Waals surface area contributed by atoms with Crippen LogP contribution >= 0.6 is 0 Å². The summed E-state index contributed by atoms with van der Waals surface area (Å²) in [5, 5.41) is 0. The van der Waals surface area contributed by atoms with Crippen LogP contribution in [-0.2, 0) is 0 Å². The Kier molecular flexibility index (Phi) is 1.76. The quantitative estimate of drug-likeness (QED) is 0.561. The number of fused-ring (bicyclic) bond motifs is 23. The van der Waals surface area contributed by atoms with Gasteiger partial charge in [-0.05, 0) is 134 Å². The van der Waals surface area contributed by atoms with Crippen LogP contribution in [0.2, 0.25) is 0 Å². The molecule has 0 aromatic rings. The standard InChI is InChI=1S/C22H30/c1-2-10-5-9(1)17-13-7-14(18(10)17)22-16-8-15(21(13)22)19-11-3-4-12(6-11)20(16)19/h9-22H,1-8H2. The van der Waals surface area contributed by atoms with Crippen LogP contribution in [0.25, 0.3) is 0 Å². The van der Waals surface area contributed by atoms with Gasteiger partial charge >= 0.3 is 0 Å². The molecule has 8 bridgehead atoms. The Labute approximate surface area is 134 Å². The van der Waals surface area contributed by atoms with E-state index in [1.165, 1.54) is 82.9 Å². The first-order valence-corrected chi connectivity index (χ1v) is 10.9. The van der Waals surface area contributed by atoms with Gasteiger partial charge in [-0.2, -0.15) is 0 Å². The van der Waals surface area contributed by atoms with E-state index in [4.69, 9.17) is 0 Å². The Morgan fingerprint density at radius 3 is 0.955 bits per heavy atom. The second kappa shape index (κ2) is 3.36. The highest BCUT2D eigenvalue weighted by atomic mass is 14.8. The highest BCUT2D eigenvalue weighted by Gasteiger charge is 2.75. The fraction of sp³-hybridized carbons (Fsp3) is 1.00. The first-order chi connectivity index (χ1) is 10.9. The molecule has 0 N–H and O–H groups in total. The summed E-state index contributed by atoms with van der Waals surface area (Å²) in [7, 11) is 0. The molecule has 0 aromatic heterocycles. The molecule has 0 radical (unpaired) electrons. The fourth-order valence-electron chi connectivity index (χ4n) is 12.0. The summed E-state index contributed by atoms with van der Waals surface area (Å²) in [6, 6.07) is 0. The van der Waals surface area contributed by atoms with Crippen LogP contribution in [0.5, 0.6) is 0 Å². The zero-order valence-corrected chi connectivity index (χ0v) is 13.7. The van der Waals surface area contributed by atoms with Gasteiger partial charge in [0.2, 0.25) is 0 Å². The van der Waals surface area contributed by atoms with Gasteiger partial charge in [0.15, 0.2) is 0 Å². The molecule has 0 aliphatic heterocycles. The first-order valence-electron chi connectivity index (χ1n) is 10.9. The van der Waals surface area contributed by atoms with E-state index in [0.29, 0.717) is 0 Å². The molecule has 0 aromatic carbocycles. The summed E-state index contributed by atoms with van der Waals surface area (Å²) in [5.41, 5.74) is 0. The zero-order valence-electron chi connectivity index (χ0n) is 13.7. The van der Waals surface area contributed by atoms with Crippen molar-refractivity contribution in [3.8, 4) is 0 Å². The summed E-state index contributed by atoms with van der Waals surface area (Å²) in [6.45, 7) is 0. The van der Waals surface area contributed by atoms with E-state index < -0.39 is 0 Å². The molecule has 0 heteroatoms.